The molecule has 2 heterocycles. The lowest BCUT2D eigenvalue weighted by Gasteiger charge is -2.35. The maximum atomic E-state index is 13.4. The van der Waals surface area contributed by atoms with Gasteiger partial charge in [0.05, 0.1) is 25.5 Å². The Morgan fingerprint density at radius 1 is 1.12 bits per heavy atom. The van der Waals surface area contributed by atoms with E-state index >= 15 is 0 Å². The molecule has 1 unspecified atom stereocenters. The first kappa shape index (κ1) is 23.7. The Balaban J connectivity index is 1.45. The topological polar surface area (TPSA) is 91.1 Å². The highest BCUT2D eigenvalue weighted by Gasteiger charge is 2.23. The number of ether oxygens (including phenoxy) is 1. The normalized spacial score (nSPS) is 15.9. The number of morpholine rings is 1. The minimum Gasteiger partial charge on any atom is -0.459 e. The van der Waals surface area contributed by atoms with Gasteiger partial charge in [0.15, 0.2) is 11.7 Å². The van der Waals surface area contributed by atoms with E-state index in [2.05, 4.69) is 25.8 Å². The van der Waals surface area contributed by atoms with Crippen LogP contribution in [0.4, 0.5) is 4.39 Å². The smallest absolute Gasteiger partial charge is 0.287 e. The van der Waals surface area contributed by atoms with Gasteiger partial charge in [-0.25, -0.2) is 4.39 Å². The molecule has 1 amide bonds. The Hall–Kier alpha value is -2.91. The highest BCUT2D eigenvalue weighted by atomic mass is 19.1. The predicted octanol–water partition coefficient (Wildman–Crippen LogP) is 2.09. The number of amides is 1. The first-order valence-corrected chi connectivity index (χ1v) is 10.9. The van der Waals surface area contributed by atoms with E-state index < -0.39 is 0 Å². The largest absolute Gasteiger partial charge is 0.459 e. The summed E-state index contributed by atoms with van der Waals surface area (Å²) >= 11 is 0. The van der Waals surface area contributed by atoms with E-state index in [9.17, 15) is 9.18 Å². The number of hydrogen-bond donors (Lipinski definition) is 3. The van der Waals surface area contributed by atoms with E-state index in [1.807, 2.05) is 19.1 Å². The maximum Gasteiger partial charge on any atom is 0.287 e. The summed E-state index contributed by atoms with van der Waals surface area (Å²) in [4.78, 5) is 18.7. The van der Waals surface area contributed by atoms with Crippen LogP contribution in [-0.4, -0.2) is 69.8 Å². The van der Waals surface area contributed by atoms with E-state index in [1.54, 1.807) is 13.1 Å². The van der Waals surface area contributed by atoms with E-state index in [0.29, 0.717) is 44.6 Å². The fraction of sp³-hybridized carbons (Fsp3) is 0.478. The van der Waals surface area contributed by atoms with Crippen LogP contribution in [0.15, 0.2) is 46.0 Å². The van der Waals surface area contributed by atoms with Crippen LogP contribution in [0.5, 0.6) is 0 Å². The Bertz CT molecular complexity index is 878. The molecule has 1 aliphatic heterocycles. The van der Waals surface area contributed by atoms with Crippen molar-refractivity contribution >= 4 is 11.9 Å². The molecule has 1 saturated heterocycles. The average Bonchev–Trinajstić information content (AvgIpc) is 3.25. The first-order chi connectivity index (χ1) is 15.6. The van der Waals surface area contributed by atoms with Gasteiger partial charge in [0.1, 0.15) is 5.82 Å². The van der Waals surface area contributed by atoms with Crippen molar-refractivity contribution in [2.75, 3.05) is 53.0 Å². The molecule has 174 valence electrons. The number of carbonyl (C=O) groups is 1. The molecular formula is C23H32FN5O3. The van der Waals surface area contributed by atoms with Crippen molar-refractivity contribution in [3.05, 3.63) is 59.3 Å². The van der Waals surface area contributed by atoms with Crippen molar-refractivity contribution in [1.82, 2.24) is 20.9 Å². The van der Waals surface area contributed by atoms with Gasteiger partial charge in [-0.1, -0.05) is 12.1 Å². The van der Waals surface area contributed by atoms with Crippen molar-refractivity contribution in [3.63, 3.8) is 0 Å². The molecule has 0 bridgehead atoms. The number of nitrogens with one attached hydrogen (secondary N) is 3. The summed E-state index contributed by atoms with van der Waals surface area (Å²) in [6, 6.07) is 8.49. The van der Waals surface area contributed by atoms with Crippen molar-refractivity contribution in [3.8, 4) is 0 Å². The zero-order chi connectivity index (χ0) is 22.8. The van der Waals surface area contributed by atoms with Crippen LogP contribution in [0.2, 0.25) is 0 Å². The molecule has 0 aliphatic carbocycles. The Morgan fingerprint density at radius 2 is 1.84 bits per heavy atom. The summed E-state index contributed by atoms with van der Waals surface area (Å²) in [7, 11) is 1.72. The van der Waals surface area contributed by atoms with Crippen molar-refractivity contribution in [2.24, 2.45) is 4.99 Å². The molecule has 9 heteroatoms. The fourth-order valence-corrected chi connectivity index (χ4v) is 3.63. The van der Waals surface area contributed by atoms with E-state index in [-0.39, 0.29) is 17.8 Å². The molecule has 1 fully saturated rings. The second-order valence-corrected chi connectivity index (χ2v) is 7.64. The minimum absolute atomic E-state index is 0.0777. The Morgan fingerprint density at radius 3 is 2.50 bits per heavy atom. The van der Waals surface area contributed by atoms with E-state index in [4.69, 9.17) is 9.15 Å². The molecule has 2 aromatic rings. The van der Waals surface area contributed by atoms with Gasteiger partial charge >= 0.3 is 0 Å². The molecule has 1 atom stereocenters. The third-order valence-electron chi connectivity index (χ3n) is 5.43. The molecule has 1 aromatic carbocycles. The lowest BCUT2D eigenvalue weighted by atomic mass is 10.0. The second kappa shape index (κ2) is 12.2. The molecule has 32 heavy (non-hydrogen) atoms. The maximum absolute atomic E-state index is 13.4. The number of aryl methyl sites for hydroxylation is 1. The molecule has 0 radical (unpaired) electrons. The molecule has 8 nitrogen and oxygen atoms in total. The summed E-state index contributed by atoms with van der Waals surface area (Å²) in [5, 5.41) is 9.49. The number of rotatable bonds is 9. The van der Waals surface area contributed by atoms with Crippen LogP contribution in [-0.2, 0) is 4.74 Å². The van der Waals surface area contributed by atoms with Crippen LogP contribution in [0.3, 0.4) is 0 Å². The quantitative estimate of drug-likeness (QED) is 0.311. The van der Waals surface area contributed by atoms with Crippen LogP contribution in [0, 0.1) is 12.7 Å². The van der Waals surface area contributed by atoms with Crippen molar-refractivity contribution in [1.29, 1.82) is 0 Å². The van der Waals surface area contributed by atoms with Crippen LogP contribution >= 0.6 is 0 Å². The lowest BCUT2D eigenvalue weighted by Crippen LogP contribution is -2.46. The van der Waals surface area contributed by atoms with Crippen molar-refractivity contribution < 1.29 is 18.3 Å². The molecule has 1 aliphatic rings. The van der Waals surface area contributed by atoms with Gasteiger partial charge in [0.25, 0.3) is 5.91 Å². The summed E-state index contributed by atoms with van der Waals surface area (Å²) in [6.07, 6.45) is 2.24. The number of guanidine groups is 1. The molecule has 3 rings (SSSR count). The third kappa shape index (κ3) is 6.80. The lowest BCUT2D eigenvalue weighted by molar-refractivity contribution is 0.0170. The van der Waals surface area contributed by atoms with E-state index in [1.165, 1.54) is 18.4 Å². The summed E-state index contributed by atoms with van der Waals surface area (Å²) in [6.45, 7) is 6.66. The number of nitrogens with zero attached hydrogens (tertiary/aromatic N) is 2. The highest BCUT2D eigenvalue weighted by Crippen LogP contribution is 2.21. The summed E-state index contributed by atoms with van der Waals surface area (Å²) in [5.74, 6) is 0.584. The molecule has 1 aromatic heterocycles. The van der Waals surface area contributed by atoms with Gasteiger partial charge in [-0.3, -0.25) is 14.7 Å². The number of benzene rings is 1. The zero-order valence-corrected chi connectivity index (χ0v) is 18.7. The third-order valence-corrected chi connectivity index (χ3v) is 5.43. The zero-order valence-electron chi connectivity index (χ0n) is 18.7. The number of halogens is 1. The number of aliphatic imine (C=N–C) groups is 1. The molecular weight excluding hydrogens is 413 g/mol. The van der Waals surface area contributed by atoms with Crippen LogP contribution in [0.1, 0.15) is 34.1 Å². The monoisotopic (exact) mass is 445 g/mol. The predicted molar refractivity (Wildman–Crippen MR) is 121 cm³/mol. The van der Waals surface area contributed by atoms with E-state index in [0.717, 1.165) is 30.6 Å². The van der Waals surface area contributed by atoms with Crippen LogP contribution < -0.4 is 16.0 Å². The molecule has 0 saturated carbocycles. The van der Waals surface area contributed by atoms with Gasteiger partial charge in [-0.05, 0) is 37.1 Å². The first-order valence-electron chi connectivity index (χ1n) is 10.9. The van der Waals surface area contributed by atoms with Gasteiger partial charge in [0.2, 0.25) is 0 Å². The average molecular weight is 446 g/mol. The number of carbonyl (C=O) groups excluding carboxylic acids is 1. The number of hydrogen-bond acceptors (Lipinski definition) is 5. The summed E-state index contributed by atoms with van der Waals surface area (Å²) < 4.78 is 24.1. The fourth-order valence-electron chi connectivity index (χ4n) is 3.63. The van der Waals surface area contributed by atoms with Gasteiger partial charge < -0.3 is 25.1 Å². The van der Waals surface area contributed by atoms with Crippen LogP contribution in [0.25, 0.3) is 0 Å². The van der Waals surface area contributed by atoms with Gasteiger partial charge in [-0.15, -0.1) is 0 Å². The molecule has 0 spiro atoms. The number of furan rings is 1. The second-order valence-electron chi connectivity index (χ2n) is 7.64. The minimum atomic E-state index is -0.241. The molecule has 3 N–H and O–H groups in total. The standard InChI is InChI=1S/C23H32FN5O3/c1-17-8-13-32-21(17)22(30)26-9-3-10-27-23(25-2)28-16-20(29-11-14-31-15-12-29)18-4-6-19(24)7-5-18/h4-8,13,20H,3,9-12,14-16H2,1-2H3,(H,26,30)(H2,25,27,28). The Kier molecular flexibility index (Phi) is 9.06. The van der Waals surface area contributed by atoms with Gasteiger partial charge in [0, 0.05) is 45.3 Å². The van der Waals surface area contributed by atoms with Crippen molar-refractivity contribution in [2.45, 2.75) is 19.4 Å². The van der Waals surface area contributed by atoms with Gasteiger partial charge in [-0.2, -0.15) is 0 Å². The SMILES string of the molecule is CN=C(NCCCNC(=O)c1occc1C)NCC(c1ccc(F)cc1)N1CCOCC1. The summed E-state index contributed by atoms with van der Waals surface area (Å²) in [5.41, 5.74) is 1.87. The highest BCUT2D eigenvalue weighted by molar-refractivity contribution is 5.92. The Labute approximate surface area is 188 Å².